The molecule has 0 aromatic heterocycles. The molecule has 4 amide bonds. The summed E-state index contributed by atoms with van der Waals surface area (Å²) in [7, 11) is 0. The number of hydrogen-bond acceptors (Lipinski definition) is 4. The molecule has 1 atom stereocenters. The van der Waals surface area contributed by atoms with Crippen molar-refractivity contribution in [2.45, 2.75) is 77.8 Å². The number of fused-ring (bicyclic) bond motifs is 5. The van der Waals surface area contributed by atoms with Crippen LogP contribution in [-0.2, 0) is 9.59 Å². The number of urea groups is 1. The number of carbonyl (C=O) groups is 3. The number of hydrogen-bond donors (Lipinski definition) is 2. The highest BCUT2D eigenvalue weighted by Crippen LogP contribution is 2.37. The van der Waals surface area contributed by atoms with E-state index in [0.29, 0.717) is 17.5 Å². The highest BCUT2D eigenvalue weighted by atomic mass is 16.2. The van der Waals surface area contributed by atoms with Gasteiger partial charge in [-0.05, 0) is 87.5 Å². The average Bonchev–Trinajstić information content (AvgIpc) is 3.37. The largest absolute Gasteiger partial charge is 0.341 e. The van der Waals surface area contributed by atoms with Crippen molar-refractivity contribution in [2.75, 3.05) is 29.9 Å². The van der Waals surface area contributed by atoms with Crippen molar-refractivity contribution in [3.63, 3.8) is 0 Å². The zero-order chi connectivity index (χ0) is 29.2. The molecule has 3 heterocycles. The van der Waals surface area contributed by atoms with Gasteiger partial charge in [-0.1, -0.05) is 49.6 Å². The van der Waals surface area contributed by atoms with Gasteiger partial charge in [0.2, 0.25) is 12.1 Å². The van der Waals surface area contributed by atoms with Crippen LogP contribution in [0.1, 0.15) is 74.5 Å². The number of amides is 4. The maximum absolute atomic E-state index is 14.4. The number of benzodiazepines with no additional fused rings is 1. The fourth-order valence-corrected chi connectivity index (χ4v) is 7.45. The van der Waals surface area contributed by atoms with E-state index in [0.717, 1.165) is 66.9 Å². The molecule has 2 aromatic rings. The molecule has 42 heavy (non-hydrogen) atoms. The zero-order valence-electron chi connectivity index (χ0n) is 24.9. The lowest BCUT2D eigenvalue weighted by Gasteiger charge is -2.30. The summed E-state index contributed by atoms with van der Waals surface area (Å²) in [6.45, 7) is 5.43. The Balaban J connectivity index is 1.33. The van der Waals surface area contributed by atoms with Crippen LogP contribution in [0.25, 0.3) is 0 Å². The number of carbonyl (C=O) groups excluding carboxylic acids is 3. The van der Waals surface area contributed by atoms with Crippen molar-refractivity contribution in [2.24, 2.45) is 22.7 Å². The molecule has 2 saturated heterocycles. The minimum atomic E-state index is -1.13. The van der Waals surface area contributed by atoms with Gasteiger partial charge < -0.3 is 15.5 Å². The Morgan fingerprint density at radius 2 is 1.60 bits per heavy atom. The van der Waals surface area contributed by atoms with Gasteiger partial charge in [0.1, 0.15) is 6.54 Å². The van der Waals surface area contributed by atoms with Crippen molar-refractivity contribution in [1.29, 1.82) is 0 Å². The Morgan fingerprint density at radius 1 is 0.905 bits per heavy atom. The number of para-hydroxylation sites is 1. The molecule has 2 bridgehead atoms. The van der Waals surface area contributed by atoms with E-state index in [2.05, 4.69) is 10.6 Å². The Kier molecular flexibility index (Phi) is 8.31. The van der Waals surface area contributed by atoms with Crippen molar-refractivity contribution in [3.8, 4) is 0 Å². The summed E-state index contributed by atoms with van der Waals surface area (Å²) in [5.41, 5.74) is 5.12. The first-order valence-corrected chi connectivity index (χ1v) is 15.8. The van der Waals surface area contributed by atoms with E-state index in [9.17, 15) is 14.4 Å². The van der Waals surface area contributed by atoms with Crippen LogP contribution in [0.4, 0.5) is 16.2 Å². The lowest BCUT2D eigenvalue weighted by atomic mass is 9.82. The van der Waals surface area contributed by atoms with Crippen molar-refractivity contribution in [1.82, 2.24) is 10.2 Å². The van der Waals surface area contributed by atoms with Gasteiger partial charge in [-0.3, -0.25) is 19.5 Å². The van der Waals surface area contributed by atoms with E-state index >= 15 is 0 Å². The number of rotatable bonds is 5. The number of nitrogens with zero attached hydrogens (tertiary/aromatic N) is 3. The minimum Gasteiger partial charge on any atom is -0.341 e. The molecule has 4 fully saturated rings. The van der Waals surface area contributed by atoms with Gasteiger partial charge in [-0.2, -0.15) is 0 Å². The summed E-state index contributed by atoms with van der Waals surface area (Å²) in [6, 6.07) is 13.1. The summed E-state index contributed by atoms with van der Waals surface area (Å²) in [5.74, 6) is 0.889. The highest BCUT2D eigenvalue weighted by Gasteiger charge is 2.39. The van der Waals surface area contributed by atoms with Crippen LogP contribution in [0.5, 0.6) is 0 Å². The molecule has 8 nitrogen and oxygen atoms in total. The van der Waals surface area contributed by atoms with Crippen LogP contribution in [0.15, 0.2) is 47.5 Å². The summed E-state index contributed by atoms with van der Waals surface area (Å²) in [5, 5.41) is 5.73. The molecule has 8 heteroatoms. The van der Waals surface area contributed by atoms with E-state index in [1.165, 1.54) is 32.1 Å². The first kappa shape index (κ1) is 28.4. The van der Waals surface area contributed by atoms with Crippen LogP contribution >= 0.6 is 0 Å². The maximum atomic E-state index is 14.4. The average molecular weight is 570 g/mol. The number of nitrogens with one attached hydrogen (secondary N) is 2. The van der Waals surface area contributed by atoms with Gasteiger partial charge >= 0.3 is 6.03 Å². The molecule has 2 aliphatic carbocycles. The fourth-order valence-electron chi connectivity index (χ4n) is 7.45. The molecule has 2 aromatic carbocycles. The van der Waals surface area contributed by atoms with Crippen LogP contribution in [0.2, 0.25) is 0 Å². The van der Waals surface area contributed by atoms with E-state index in [1.54, 1.807) is 4.90 Å². The van der Waals surface area contributed by atoms with E-state index in [-0.39, 0.29) is 24.3 Å². The third-order valence-corrected chi connectivity index (χ3v) is 9.66. The predicted molar refractivity (Wildman–Crippen MR) is 166 cm³/mol. The molecule has 0 radical (unpaired) electrons. The molecule has 3 aliphatic heterocycles. The highest BCUT2D eigenvalue weighted by molar-refractivity contribution is 6.16. The molecule has 222 valence electrons. The van der Waals surface area contributed by atoms with Crippen LogP contribution in [0, 0.1) is 31.6 Å². The molecular weight excluding hydrogens is 526 g/mol. The van der Waals surface area contributed by atoms with Gasteiger partial charge in [0.15, 0.2) is 0 Å². The third kappa shape index (κ3) is 6.08. The minimum absolute atomic E-state index is 0.0274. The second-order valence-corrected chi connectivity index (χ2v) is 12.8. The molecule has 0 spiro atoms. The smallest absolute Gasteiger partial charge is 0.321 e. The lowest BCUT2D eigenvalue weighted by Crippen LogP contribution is -2.52. The van der Waals surface area contributed by atoms with Gasteiger partial charge in [-0.25, -0.2) is 4.79 Å². The Bertz CT molecular complexity index is 1360. The number of aliphatic imine (C=N–C) groups is 1. The maximum Gasteiger partial charge on any atom is 0.321 e. The quantitative estimate of drug-likeness (QED) is 0.475. The van der Waals surface area contributed by atoms with Crippen LogP contribution < -0.4 is 15.5 Å². The van der Waals surface area contributed by atoms with E-state index in [1.807, 2.05) is 61.2 Å². The van der Waals surface area contributed by atoms with Gasteiger partial charge in [0.25, 0.3) is 5.91 Å². The molecule has 5 aliphatic rings. The van der Waals surface area contributed by atoms with Gasteiger partial charge in [0, 0.05) is 30.3 Å². The Hall–Kier alpha value is -3.68. The first-order valence-electron chi connectivity index (χ1n) is 15.8. The lowest BCUT2D eigenvalue weighted by molar-refractivity contribution is -0.132. The molecule has 7 rings (SSSR count). The first-order chi connectivity index (χ1) is 20.4. The summed E-state index contributed by atoms with van der Waals surface area (Å²) < 4.78 is 0. The van der Waals surface area contributed by atoms with Gasteiger partial charge in [-0.15, -0.1) is 0 Å². The van der Waals surface area contributed by atoms with Crippen molar-refractivity contribution >= 4 is 34.9 Å². The standard InChI is InChI=1S/C34H43N5O3/c1-22-8-6-12-27(18-22)35-34(42)37-32-33(41)39(21-29(40)38-19-24-14-15-25(20-38)17-16-24)31-23(2)9-7-13-28(31)30(36-32)26-10-4-3-5-11-26/h6-9,12-13,18,24-26,32H,3-5,10-11,14-17,19-21H2,1-2H3,(H2,35,37,42). The van der Waals surface area contributed by atoms with Gasteiger partial charge in [0.05, 0.1) is 11.4 Å². The van der Waals surface area contributed by atoms with Crippen molar-refractivity contribution < 1.29 is 14.4 Å². The number of benzene rings is 2. The molecule has 2 saturated carbocycles. The van der Waals surface area contributed by atoms with E-state index < -0.39 is 12.2 Å². The Morgan fingerprint density at radius 3 is 2.29 bits per heavy atom. The molecular formula is C34H43N5O3. The van der Waals surface area contributed by atoms with Crippen molar-refractivity contribution in [3.05, 3.63) is 59.2 Å². The summed E-state index contributed by atoms with van der Waals surface area (Å²) >= 11 is 0. The summed E-state index contributed by atoms with van der Waals surface area (Å²) in [4.78, 5) is 50.1. The molecule has 1 unspecified atom stereocenters. The number of aryl methyl sites for hydroxylation is 2. The second kappa shape index (κ2) is 12.3. The summed E-state index contributed by atoms with van der Waals surface area (Å²) in [6.07, 6.45) is 9.01. The fraction of sp³-hybridized carbons (Fsp3) is 0.529. The topological polar surface area (TPSA) is 94.1 Å². The van der Waals surface area contributed by atoms with Crippen LogP contribution in [0.3, 0.4) is 0 Å². The second-order valence-electron chi connectivity index (χ2n) is 12.8. The molecule has 2 N–H and O–H groups in total. The predicted octanol–water partition coefficient (Wildman–Crippen LogP) is 5.82. The van der Waals surface area contributed by atoms with E-state index in [4.69, 9.17) is 4.99 Å². The normalized spacial score (nSPS) is 24.4. The third-order valence-electron chi connectivity index (χ3n) is 9.66. The zero-order valence-corrected chi connectivity index (χ0v) is 24.9. The SMILES string of the molecule is Cc1cccc(NC(=O)NC2N=C(C3CCCCC3)c3cccc(C)c3N(CC(=O)N3CC4CCC(CC4)C3)C2=O)c1. The monoisotopic (exact) mass is 569 g/mol. The van der Waals surface area contributed by atoms with Crippen LogP contribution in [-0.4, -0.2) is 54.3 Å². The Labute approximate surface area is 248 Å². The number of anilines is 2.